The van der Waals surface area contributed by atoms with Crippen molar-refractivity contribution in [1.29, 1.82) is 0 Å². The molecule has 0 saturated carbocycles. The summed E-state index contributed by atoms with van der Waals surface area (Å²) in [5, 5.41) is 1.92. The molecule has 10 rings (SSSR count). The van der Waals surface area contributed by atoms with Gasteiger partial charge in [-0.2, -0.15) is 0 Å². The van der Waals surface area contributed by atoms with Crippen molar-refractivity contribution in [2.75, 3.05) is 0 Å². The molecule has 0 aliphatic carbocycles. The number of aromatic nitrogens is 4. The van der Waals surface area contributed by atoms with E-state index in [1.165, 1.54) is 5.56 Å². The number of rotatable bonds is 6. The van der Waals surface area contributed by atoms with E-state index in [0.29, 0.717) is 23.4 Å². The average Bonchev–Trinajstić information content (AvgIpc) is 3.83. The highest BCUT2D eigenvalue weighted by Gasteiger charge is 2.19. The van der Waals surface area contributed by atoms with Gasteiger partial charge in [0, 0.05) is 33.0 Å². The van der Waals surface area contributed by atoms with Crippen LogP contribution in [0.25, 0.3) is 101 Å². The van der Waals surface area contributed by atoms with Gasteiger partial charge < -0.3 is 8.83 Å². The van der Waals surface area contributed by atoms with Crippen molar-refractivity contribution in [2.24, 2.45) is 0 Å². The Morgan fingerprint density at radius 3 is 1.58 bits per heavy atom. The summed E-state index contributed by atoms with van der Waals surface area (Å²) in [4.78, 5) is 19.7. The second kappa shape index (κ2) is 12.3. The quantitative estimate of drug-likeness (QED) is 0.175. The van der Waals surface area contributed by atoms with Crippen LogP contribution in [0.3, 0.4) is 0 Å². The number of oxazole rings is 1. The number of fused-ring (bicyclic) bond motifs is 4. The summed E-state index contributed by atoms with van der Waals surface area (Å²) in [6.07, 6.45) is 0. The number of nitrogens with zero attached hydrogens (tertiary/aromatic N) is 4. The molecule has 0 unspecified atom stereocenters. The maximum atomic E-state index is 6.39. The van der Waals surface area contributed by atoms with E-state index in [1.807, 2.05) is 103 Å². The van der Waals surface area contributed by atoms with Gasteiger partial charge in [0.2, 0.25) is 5.89 Å². The zero-order chi connectivity index (χ0) is 34.4. The Bertz CT molecular complexity index is 2820. The van der Waals surface area contributed by atoms with E-state index in [-0.39, 0.29) is 0 Å². The predicted molar refractivity (Wildman–Crippen MR) is 207 cm³/mol. The van der Waals surface area contributed by atoms with Crippen LogP contribution in [0.2, 0.25) is 0 Å². The van der Waals surface area contributed by atoms with Crippen molar-refractivity contribution in [1.82, 2.24) is 19.9 Å². The monoisotopic (exact) mass is 668 g/mol. The highest BCUT2D eigenvalue weighted by Crippen LogP contribution is 2.39. The summed E-state index contributed by atoms with van der Waals surface area (Å²) in [7, 11) is 0. The molecule has 0 fully saturated rings. The highest BCUT2D eigenvalue weighted by molar-refractivity contribution is 6.12. The molecule has 0 aliphatic heterocycles. The topological polar surface area (TPSA) is 77.8 Å². The fourth-order valence-corrected chi connectivity index (χ4v) is 6.79. The minimum absolute atomic E-state index is 0.582. The minimum Gasteiger partial charge on any atom is -0.456 e. The van der Waals surface area contributed by atoms with Crippen LogP contribution in [0.1, 0.15) is 0 Å². The molecule has 52 heavy (non-hydrogen) atoms. The molecule has 6 heteroatoms. The van der Waals surface area contributed by atoms with Gasteiger partial charge in [0.05, 0.1) is 0 Å². The van der Waals surface area contributed by atoms with E-state index in [2.05, 4.69) is 66.7 Å². The second-order valence-corrected chi connectivity index (χ2v) is 12.7. The van der Waals surface area contributed by atoms with Crippen molar-refractivity contribution < 1.29 is 8.83 Å². The number of hydrogen-bond donors (Lipinski definition) is 0. The van der Waals surface area contributed by atoms with Crippen molar-refractivity contribution in [3.63, 3.8) is 0 Å². The Hall–Kier alpha value is -7.18. The fraction of sp³-hybridized carbons (Fsp3) is 0. The van der Waals surface area contributed by atoms with Gasteiger partial charge in [-0.25, -0.2) is 19.9 Å². The van der Waals surface area contributed by atoms with Crippen LogP contribution in [0.15, 0.2) is 179 Å². The Balaban J connectivity index is 1.06. The fourth-order valence-electron chi connectivity index (χ4n) is 6.79. The molecule has 0 radical (unpaired) electrons. The number of furan rings is 1. The van der Waals surface area contributed by atoms with Crippen LogP contribution in [0.5, 0.6) is 0 Å². The van der Waals surface area contributed by atoms with Crippen LogP contribution in [-0.2, 0) is 0 Å². The summed E-state index contributed by atoms with van der Waals surface area (Å²) in [5.74, 6) is 2.40. The lowest BCUT2D eigenvalue weighted by Crippen LogP contribution is -2.00. The summed E-state index contributed by atoms with van der Waals surface area (Å²) < 4.78 is 12.7. The van der Waals surface area contributed by atoms with Crippen LogP contribution >= 0.6 is 0 Å². The normalized spacial score (nSPS) is 11.5. The first-order valence-electron chi connectivity index (χ1n) is 17.1. The zero-order valence-corrected chi connectivity index (χ0v) is 27.8. The number of hydrogen-bond acceptors (Lipinski definition) is 6. The Labute approximate surface area is 298 Å². The molecule has 3 aromatic heterocycles. The molecule has 244 valence electrons. The molecule has 0 atom stereocenters. The highest BCUT2D eigenvalue weighted by atomic mass is 16.3. The zero-order valence-electron chi connectivity index (χ0n) is 27.8. The molecule has 0 bridgehead atoms. The van der Waals surface area contributed by atoms with E-state index < -0.39 is 0 Å². The van der Waals surface area contributed by atoms with Crippen molar-refractivity contribution in [3.8, 4) is 67.9 Å². The molecule has 7 aromatic carbocycles. The first kappa shape index (κ1) is 29.7. The molecule has 6 nitrogen and oxygen atoms in total. The second-order valence-electron chi connectivity index (χ2n) is 12.7. The minimum atomic E-state index is 0.582. The van der Waals surface area contributed by atoms with Crippen LogP contribution in [0, 0.1) is 0 Å². The molecule has 0 spiro atoms. The van der Waals surface area contributed by atoms with Gasteiger partial charge in [0.15, 0.2) is 23.1 Å². The standard InChI is InChI=1S/C46H28N4O2/c1-4-11-29(12-5-1)30-19-21-33(22-20-30)46-47-38-25-23-35(28-41(38)52-46)34-24-26-39-37(27-34)42-36(17-10-18-40(42)51-39)45-49-43(31-13-6-2-7-14-31)48-44(50-45)32-15-8-3-9-16-32/h1-28H. The maximum Gasteiger partial charge on any atom is 0.227 e. The van der Waals surface area contributed by atoms with Gasteiger partial charge >= 0.3 is 0 Å². The van der Waals surface area contributed by atoms with E-state index in [1.54, 1.807) is 0 Å². The molecular formula is C46H28N4O2. The molecule has 10 aromatic rings. The summed E-state index contributed by atoms with van der Waals surface area (Å²) in [5.41, 5.74) is 11.1. The molecular weight excluding hydrogens is 641 g/mol. The average molecular weight is 669 g/mol. The molecule has 0 saturated heterocycles. The lowest BCUT2D eigenvalue weighted by Gasteiger charge is -2.09. The third-order valence-electron chi connectivity index (χ3n) is 9.40. The van der Waals surface area contributed by atoms with E-state index >= 15 is 0 Å². The first-order valence-corrected chi connectivity index (χ1v) is 17.1. The third kappa shape index (κ3) is 5.30. The first-order chi connectivity index (χ1) is 25.7. The Morgan fingerprint density at radius 1 is 0.327 bits per heavy atom. The third-order valence-corrected chi connectivity index (χ3v) is 9.40. The molecule has 3 heterocycles. The van der Waals surface area contributed by atoms with Crippen molar-refractivity contribution in [3.05, 3.63) is 170 Å². The van der Waals surface area contributed by atoms with Gasteiger partial charge in [-0.3, -0.25) is 0 Å². The van der Waals surface area contributed by atoms with Gasteiger partial charge in [-0.1, -0.05) is 127 Å². The van der Waals surface area contributed by atoms with E-state index in [4.69, 9.17) is 28.8 Å². The smallest absolute Gasteiger partial charge is 0.227 e. The lowest BCUT2D eigenvalue weighted by atomic mass is 10.0. The summed E-state index contributed by atoms with van der Waals surface area (Å²) >= 11 is 0. The van der Waals surface area contributed by atoms with Crippen molar-refractivity contribution >= 4 is 33.0 Å². The lowest BCUT2D eigenvalue weighted by molar-refractivity contribution is 0.620. The van der Waals surface area contributed by atoms with Gasteiger partial charge in [-0.05, 0) is 64.7 Å². The van der Waals surface area contributed by atoms with E-state index in [0.717, 1.165) is 72.0 Å². The molecule has 0 N–H and O–H groups in total. The van der Waals surface area contributed by atoms with Gasteiger partial charge in [-0.15, -0.1) is 0 Å². The van der Waals surface area contributed by atoms with E-state index in [9.17, 15) is 0 Å². The summed E-state index contributed by atoms with van der Waals surface area (Å²) in [6, 6.07) is 57.1. The summed E-state index contributed by atoms with van der Waals surface area (Å²) in [6.45, 7) is 0. The van der Waals surface area contributed by atoms with Crippen LogP contribution in [-0.4, -0.2) is 19.9 Å². The maximum absolute atomic E-state index is 6.39. The Morgan fingerprint density at radius 2 is 0.885 bits per heavy atom. The van der Waals surface area contributed by atoms with Crippen LogP contribution < -0.4 is 0 Å². The number of benzene rings is 7. The van der Waals surface area contributed by atoms with Gasteiger partial charge in [0.1, 0.15) is 16.7 Å². The molecule has 0 amide bonds. The predicted octanol–water partition coefficient (Wildman–Crippen LogP) is 11.9. The van der Waals surface area contributed by atoms with Crippen LogP contribution in [0.4, 0.5) is 0 Å². The largest absolute Gasteiger partial charge is 0.456 e. The van der Waals surface area contributed by atoms with Crippen molar-refractivity contribution in [2.45, 2.75) is 0 Å². The Kier molecular flexibility index (Phi) is 7.03. The SMILES string of the molecule is c1ccc(-c2ccc(-c3nc4ccc(-c5ccc6oc7cccc(-c8nc(-c9ccccc9)nc(-c9ccccc9)n8)c7c6c5)cc4o3)cc2)cc1. The molecule has 0 aliphatic rings. The van der Waals surface area contributed by atoms with Gasteiger partial charge in [0.25, 0.3) is 0 Å².